The van der Waals surface area contributed by atoms with Crippen molar-refractivity contribution in [3.05, 3.63) is 52.9 Å². The predicted octanol–water partition coefficient (Wildman–Crippen LogP) is 2.68. The number of rotatable bonds is 4. The number of hydrogen-bond donors (Lipinski definition) is 0. The van der Waals surface area contributed by atoms with Crippen LogP contribution in [-0.4, -0.2) is 42.6 Å². The van der Waals surface area contributed by atoms with Gasteiger partial charge in [0.2, 0.25) is 0 Å². The molecule has 2 aromatic rings. The molecule has 0 saturated carbocycles. The van der Waals surface area contributed by atoms with Crippen molar-refractivity contribution in [1.82, 2.24) is 9.80 Å². The normalized spacial score (nSPS) is 17.4. The largest absolute Gasteiger partial charge is 0.297 e. The molecule has 0 aromatic heterocycles. The molecule has 3 rings (SSSR count). The van der Waals surface area contributed by atoms with E-state index in [9.17, 15) is 4.91 Å². The molecule has 4 heteroatoms. The van der Waals surface area contributed by atoms with Gasteiger partial charge in [0.05, 0.1) is 0 Å². The highest BCUT2D eigenvalue weighted by Crippen LogP contribution is 2.20. The second-order valence-corrected chi connectivity index (χ2v) is 5.30. The summed E-state index contributed by atoms with van der Waals surface area (Å²) < 4.78 is 0. The van der Waals surface area contributed by atoms with Gasteiger partial charge in [-0.25, -0.2) is 0 Å². The van der Waals surface area contributed by atoms with E-state index in [1.165, 1.54) is 16.3 Å². The maximum atomic E-state index is 10.3. The average molecular weight is 269 g/mol. The van der Waals surface area contributed by atoms with E-state index in [2.05, 4.69) is 57.4 Å². The minimum atomic E-state index is 0.322. The monoisotopic (exact) mass is 269 g/mol. The van der Waals surface area contributed by atoms with Crippen molar-refractivity contribution in [1.29, 1.82) is 0 Å². The molecule has 0 aliphatic carbocycles. The van der Waals surface area contributed by atoms with Gasteiger partial charge in [-0.3, -0.25) is 9.80 Å². The third-order valence-electron chi connectivity index (χ3n) is 4.00. The predicted molar refractivity (Wildman–Crippen MR) is 81.5 cm³/mol. The zero-order valence-electron chi connectivity index (χ0n) is 11.5. The highest BCUT2D eigenvalue weighted by Gasteiger charge is 2.17. The molecule has 0 radical (unpaired) electrons. The van der Waals surface area contributed by atoms with Crippen molar-refractivity contribution in [2.45, 2.75) is 6.54 Å². The maximum absolute atomic E-state index is 10.3. The Morgan fingerprint density at radius 1 is 0.900 bits per heavy atom. The summed E-state index contributed by atoms with van der Waals surface area (Å²) in [6.07, 6.45) is 0. The second kappa shape index (κ2) is 6.11. The molecule has 0 N–H and O–H groups in total. The summed E-state index contributed by atoms with van der Waals surface area (Å²) in [6, 6.07) is 15.0. The van der Waals surface area contributed by atoms with Crippen LogP contribution in [0, 0.1) is 4.91 Å². The summed E-state index contributed by atoms with van der Waals surface area (Å²) >= 11 is 0. The van der Waals surface area contributed by atoms with Crippen LogP contribution in [0.2, 0.25) is 0 Å². The molecular formula is C16H19N3O. The van der Waals surface area contributed by atoms with Crippen LogP contribution in [-0.2, 0) is 6.54 Å². The zero-order valence-corrected chi connectivity index (χ0v) is 11.5. The lowest BCUT2D eigenvalue weighted by atomic mass is 10.0. The van der Waals surface area contributed by atoms with Gasteiger partial charge in [-0.15, -0.1) is 4.91 Å². The third kappa shape index (κ3) is 2.86. The number of piperazine rings is 1. The van der Waals surface area contributed by atoms with E-state index in [0.717, 1.165) is 32.7 Å². The molecule has 0 atom stereocenters. The summed E-state index contributed by atoms with van der Waals surface area (Å²) in [6.45, 7) is 5.15. The molecule has 1 heterocycles. The Kier molecular flexibility index (Phi) is 4.04. The summed E-state index contributed by atoms with van der Waals surface area (Å²) in [5.41, 5.74) is 1.38. The van der Waals surface area contributed by atoms with E-state index in [-0.39, 0.29) is 0 Å². The Balaban J connectivity index is 1.70. The fourth-order valence-electron chi connectivity index (χ4n) is 2.84. The van der Waals surface area contributed by atoms with Gasteiger partial charge in [0, 0.05) is 32.7 Å². The zero-order chi connectivity index (χ0) is 13.8. The minimum Gasteiger partial charge on any atom is -0.297 e. The standard InChI is InChI=1S/C16H19N3O/c20-17-13-19-10-8-18(9-11-19)12-15-6-3-5-14-4-1-2-7-16(14)15/h1-7H,8-13H2. The molecule has 104 valence electrons. The number of hydrogen-bond acceptors (Lipinski definition) is 4. The van der Waals surface area contributed by atoms with Crippen LogP contribution in [0.5, 0.6) is 0 Å². The molecule has 1 aliphatic rings. The second-order valence-electron chi connectivity index (χ2n) is 5.30. The topological polar surface area (TPSA) is 35.9 Å². The third-order valence-corrected chi connectivity index (χ3v) is 4.00. The van der Waals surface area contributed by atoms with Crippen molar-refractivity contribution >= 4 is 10.8 Å². The summed E-state index contributed by atoms with van der Waals surface area (Å²) in [7, 11) is 0. The lowest BCUT2D eigenvalue weighted by molar-refractivity contribution is 0.130. The maximum Gasteiger partial charge on any atom is 0.134 e. The van der Waals surface area contributed by atoms with Crippen molar-refractivity contribution in [2.24, 2.45) is 5.18 Å². The molecular weight excluding hydrogens is 250 g/mol. The van der Waals surface area contributed by atoms with Crippen molar-refractivity contribution in [3.8, 4) is 0 Å². The van der Waals surface area contributed by atoms with Crippen molar-refractivity contribution in [3.63, 3.8) is 0 Å². The highest BCUT2D eigenvalue weighted by molar-refractivity contribution is 5.85. The SMILES string of the molecule is O=NCN1CCN(Cc2cccc3ccccc23)CC1. The quantitative estimate of drug-likeness (QED) is 0.801. The van der Waals surface area contributed by atoms with Gasteiger partial charge in [0.1, 0.15) is 6.67 Å². The van der Waals surface area contributed by atoms with Crippen molar-refractivity contribution in [2.75, 3.05) is 32.8 Å². The molecule has 0 bridgehead atoms. The molecule has 4 nitrogen and oxygen atoms in total. The van der Waals surface area contributed by atoms with E-state index < -0.39 is 0 Å². The molecule has 0 unspecified atom stereocenters. The van der Waals surface area contributed by atoms with Crippen molar-refractivity contribution < 1.29 is 0 Å². The van der Waals surface area contributed by atoms with E-state index in [1.54, 1.807) is 0 Å². The van der Waals surface area contributed by atoms with Crippen LogP contribution in [0.15, 0.2) is 47.6 Å². The number of benzene rings is 2. The van der Waals surface area contributed by atoms with Crippen LogP contribution >= 0.6 is 0 Å². The van der Waals surface area contributed by atoms with Gasteiger partial charge in [-0.1, -0.05) is 47.6 Å². The van der Waals surface area contributed by atoms with Gasteiger partial charge >= 0.3 is 0 Å². The number of nitroso groups, excluding NO2 is 1. The first-order chi connectivity index (χ1) is 9.86. The first kappa shape index (κ1) is 13.2. The minimum absolute atomic E-state index is 0.322. The molecule has 20 heavy (non-hydrogen) atoms. The number of fused-ring (bicyclic) bond motifs is 1. The van der Waals surface area contributed by atoms with Crippen LogP contribution in [0.3, 0.4) is 0 Å². The van der Waals surface area contributed by atoms with Gasteiger partial charge in [-0.05, 0) is 16.3 Å². The Morgan fingerprint density at radius 2 is 1.60 bits per heavy atom. The molecule has 1 fully saturated rings. The Labute approximate surface area is 119 Å². The van der Waals surface area contributed by atoms with Crippen LogP contribution in [0.25, 0.3) is 10.8 Å². The molecule has 1 saturated heterocycles. The first-order valence-electron chi connectivity index (χ1n) is 7.07. The Morgan fingerprint density at radius 3 is 2.40 bits per heavy atom. The van der Waals surface area contributed by atoms with Gasteiger partial charge in [0.15, 0.2) is 0 Å². The van der Waals surface area contributed by atoms with E-state index >= 15 is 0 Å². The molecule has 1 aliphatic heterocycles. The highest BCUT2D eigenvalue weighted by atomic mass is 16.3. The van der Waals surface area contributed by atoms with Gasteiger partial charge < -0.3 is 0 Å². The Bertz CT molecular complexity index is 586. The smallest absolute Gasteiger partial charge is 0.134 e. The Hall–Kier alpha value is -1.78. The average Bonchev–Trinajstić information content (AvgIpc) is 2.50. The molecule has 2 aromatic carbocycles. The summed E-state index contributed by atoms with van der Waals surface area (Å²) in [5.74, 6) is 0. The van der Waals surface area contributed by atoms with Crippen LogP contribution in [0.4, 0.5) is 0 Å². The van der Waals surface area contributed by atoms with E-state index in [4.69, 9.17) is 0 Å². The van der Waals surface area contributed by atoms with Gasteiger partial charge in [0.25, 0.3) is 0 Å². The van der Waals surface area contributed by atoms with E-state index in [1.807, 2.05) is 0 Å². The van der Waals surface area contributed by atoms with Crippen LogP contribution in [0.1, 0.15) is 5.56 Å². The van der Waals surface area contributed by atoms with Gasteiger partial charge in [-0.2, -0.15) is 0 Å². The number of nitrogens with zero attached hydrogens (tertiary/aromatic N) is 3. The van der Waals surface area contributed by atoms with E-state index in [0.29, 0.717) is 6.67 Å². The molecule has 0 amide bonds. The fraction of sp³-hybridized carbons (Fsp3) is 0.375. The molecule has 0 spiro atoms. The fourth-order valence-corrected chi connectivity index (χ4v) is 2.84. The first-order valence-corrected chi connectivity index (χ1v) is 7.07. The van der Waals surface area contributed by atoms with Crippen LogP contribution < -0.4 is 0 Å². The lowest BCUT2D eigenvalue weighted by Gasteiger charge is -2.33. The summed E-state index contributed by atoms with van der Waals surface area (Å²) in [4.78, 5) is 14.8. The lowest BCUT2D eigenvalue weighted by Crippen LogP contribution is -2.45. The summed E-state index contributed by atoms with van der Waals surface area (Å²) in [5, 5.41) is 5.61.